The van der Waals surface area contributed by atoms with Crippen LogP contribution >= 0.6 is 0 Å². The standard InChI is InChI=1S/C11H16N2O/c1-7-3-4-8-6-10(13(2)12)11(14)9(8)5-7/h3-5,10-11,14H,6,12H2,1-2H3. The zero-order valence-corrected chi connectivity index (χ0v) is 8.57. The molecule has 1 aromatic carbocycles. The highest BCUT2D eigenvalue weighted by molar-refractivity contribution is 5.38. The van der Waals surface area contributed by atoms with Crippen molar-refractivity contribution in [2.45, 2.75) is 25.5 Å². The van der Waals surface area contributed by atoms with Crippen LogP contribution in [0, 0.1) is 6.92 Å². The van der Waals surface area contributed by atoms with Gasteiger partial charge in [0, 0.05) is 7.05 Å². The maximum atomic E-state index is 10.0. The second kappa shape index (κ2) is 3.35. The summed E-state index contributed by atoms with van der Waals surface area (Å²) >= 11 is 0. The van der Waals surface area contributed by atoms with Crippen LogP contribution in [0.15, 0.2) is 18.2 Å². The van der Waals surface area contributed by atoms with Gasteiger partial charge in [0.15, 0.2) is 0 Å². The molecule has 0 aromatic heterocycles. The molecule has 0 radical (unpaired) electrons. The fourth-order valence-electron chi connectivity index (χ4n) is 2.09. The van der Waals surface area contributed by atoms with Crippen molar-refractivity contribution in [3.8, 4) is 0 Å². The van der Waals surface area contributed by atoms with E-state index in [2.05, 4.69) is 12.1 Å². The summed E-state index contributed by atoms with van der Waals surface area (Å²) in [5, 5.41) is 11.6. The summed E-state index contributed by atoms with van der Waals surface area (Å²) < 4.78 is 0. The number of hydrogen-bond acceptors (Lipinski definition) is 3. The second-order valence-electron chi connectivity index (χ2n) is 4.08. The average molecular weight is 192 g/mol. The largest absolute Gasteiger partial charge is 0.387 e. The lowest BCUT2D eigenvalue weighted by atomic mass is 10.1. The highest BCUT2D eigenvalue weighted by Crippen LogP contribution is 2.33. The van der Waals surface area contributed by atoms with E-state index in [1.807, 2.05) is 13.0 Å². The van der Waals surface area contributed by atoms with Crippen molar-refractivity contribution >= 4 is 0 Å². The summed E-state index contributed by atoms with van der Waals surface area (Å²) in [5.41, 5.74) is 3.43. The number of fused-ring (bicyclic) bond motifs is 1. The van der Waals surface area contributed by atoms with E-state index >= 15 is 0 Å². The lowest BCUT2D eigenvalue weighted by molar-refractivity contribution is 0.0763. The number of benzene rings is 1. The first kappa shape index (κ1) is 9.65. The van der Waals surface area contributed by atoms with Crippen molar-refractivity contribution in [2.75, 3.05) is 7.05 Å². The van der Waals surface area contributed by atoms with Gasteiger partial charge in [0.1, 0.15) is 0 Å². The first-order valence-electron chi connectivity index (χ1n) is 4.84. The van der Waals surface area contributed by atoms with Gasteiger partial charge in [0.05, 0.1) is 12.1 Å². The van der Waals surface area contributed by atoms with E-state index in [9.17, 15) is 5.11 Å². The first-order chi connectivity index (χ1) is 6.59. The molecule has 0 saturated carbocycles. The number of hydrazine groups is 1. The Bertz CT molecular complexity index is 349. The second-order valence-corrected chi connectivity index (χ2v) is 4.08. The molecule has 1 aliphatic carbocycles. The third-order valence-electron chi connectivity index (χ3n) is 2.94. The van der Waals surface area contributed by atoms with E-state index in [4.69, 9.17) is 5.84 Å². The Labute approximate surface area is 84.1 Å². The van der Waals surface area contributed by atoms with Gasteiger partial charge in [0.2, 0.25) is 0 Å². The van der Waals surface area contributed by atoms with Gasteiger partial charge in [-0.15, -0.1) is 0 Å². The maximum absolute atomic E-state index is 10.0. The van der Waals surface area contributed by atoms with Crippen LogP contribution in [0.3, 0.4) is 0 Å². The normalized spacial score (nSPS) is 25.5. The topological polar surface area (TPSA) is 49.5 Å². The minimum Gasteiger partial charge on any atom is -0.387 e. The van der Waals surface area contributed by atoms with Crippen LogP contribution in [0.1, 0.15) is 22.8 Å². The number of nitrogens with two attached hydrogens (primary N) is 1. The quantitative estimate of drug-likeness (QED) is 0.510. The average Bonchev–Trinajstić information content (AvgIpc) is 2.44. The van der Waals surface area contributed by atoms with Gasteiger partial charge in [-0.1, -0.05) is 23.8 Å². The summed E-state index contributed by atoms with van der Waals surface area (Å²) in [6.45, 7) is 2.03. The van der Waals surface area contributed by atoms with Crippen molar-refractivity contribution in [3.63, 3.8) is 0 Å². The highest BCUT2D eigenvalue weighted by atomic mass is 16.3. The van der Waals surface area contributed by atoms with Crippen molar-refractivity contribution in [1.29, 1.82) is 0 Å². The van der Waals surface area contributed by atoms with Gasteiger partial charge >= 0.3 is 0 Å². The number of nitrogens with zero attached hydrogens (tertiary/aromatic N) is 1. The SMILES string of the molecule is Cc1ccc2c(c1)C(O)C(N(C)N)C2. The first-order valence-corrected chi connectivity index (χ1v) is 4.84. The molecular formula is C11H16N2O. The van der Waals surface area contributed by atoms with Crippen LogP contribution in [-0.2, 0) is 6.42 Å². The predicted octanol–water partition coefficient (Wildman–Crippen LogP) is 0.759. The summed E-state index contributed by atoms with van der Waals surface area (Å²) in [6.07, 6.45) is 0.393. The third-order valence-corrected chi connectivity index (χ3v) is 2.94. The molecule has 1 aromatic rings. The van der Waals surface area contributed by atoms with Crippen molar-refractivity contribution in [3.05, 3.63) is 34.9 Å². The summed E-state index contributed by atoms with van der Waals surface area (Å²) in [5.74, 6) is 5.68. The molecule has 76 valence electrons. The number of aryl methyl sites for hydroxylation is 1. The number of aliphatic hydroxyl groups is 1. The maximum Gasteiger partial charge on any atom is 0.0964 e. The van der Waals surface area contributed by atoms with E-state index < -0.39 is 6.10 Å². The van der Waals surface area contributed by atoms with Gasteiger partial charge in [-0.05, 0) is 24.5 Å². The zero-order valence-electron chi connectivity index (χ0n) is 8.57. The molecule has 2 rings (SSSR count). The molecule has 2 unspecified atom stereocenters. The van der Waals surface area contributed by atoms with Crippen LogP contribution in [0.4, 0.5) is 0 Å². The molecule has 0 amide bonds. The molecule has 2 atom stereocenters. The van der Waals surface area contributed by atoms with Crippen LogP contribution in [0.5, 0.6) is 0 Å². The van der Waals surface area contributed by atoms with E-state index in [-0.39, 0.29) is 6.04 Å². The van der Waals surface area contributed by atoms with E-state index in [1.54, 1.807) is 12.1 Å². The van der Waals surface area contributed by atoms with Gasteiger partial charge in [-0.3, -0.25) is 5.84 Å². The molecule has 3 heteroatoms. The van der Waals surface area contributed by atoms with E-state index in [0.717, 1.165) is 12.0 Å². The molecule has 0 spiro atoms. The fourth-order valence-corrected chi connectivity index (χ4v) is 2.09. The van der Waals surface area contributed by atoms with Crippen molar-refractivity contribution in [2.24, 2.45) is 5.84 Å². The van der Waals surface area contributed by atoms with Gasteiger partial charge < -0.3 is 5.11 Å². The Morgan fingerprint density at radius 3 is 2.86 bits per heavy atom. The Morgan fingerprint density at radius 2 is 2.21 bits per heavy atom. The van der Waals surface area contributed by atoms with Gasteiger partial charge in [-0.25, -0.2) is 5.01 Å². The Morgan fingerprint density at radius 1 is 1.50 bits per heavy atom. The smallest absolute Gasteiger partial charge is 0.0964 e. The summed E-state index contributed by atoms with van der Waals surface area (Å²) in [7, 11) is 1.80. The van der Waals surface area contributed by atoms with Gasteiger partial charge in [-0.2, -0.15) is 0 Å². The molecule has 3 N–H and O–H groups in total. The van der Waals surface area contributed by atoms with E-state index in [0.29, 0.717) is 0 Å². The number of likely N-dealkylation sites (N-methyl/N-ethyl adjacent to an activating group) is 1. The summed E-state index contributed by atoms with van der Waals surface area (Å²) in [4.78, 5) is 0. The molecular weight excluding hydrogens is 176 g/mol. The number of rotatable bonds is 1. The molecule has 14 heavy (non-hydrogen) atoms. The highest BCUT2D eigenvalue weighted by Gasteiger charge is 2.32. The Kier molecular flexibility index (Phi) is 2.31. The molecule has 3 nitrogen and oxygen atoms in total. The van der Waals surface area contributed by atoms with Crippen LogP contribution in [0.25, 0.3) is 0 Å². The van der Waals surface area contributed by atoms with E-state index in [1.165, 1.54) is 11.1 Å². The Balaban J connectivity index is 2.36. The monoisotopic (exact) mass is 192 g/mol. The minimum atomic E-state index is -0.445. The molecule has 0 bridgehead atoms. The molecule has 1 aliphatic rings. The van der Waals surface area contributed by atoms with Crippen LogP contribution in [0.2, 0.25) is 0 Å². The molecule has 0 fully saturated rings. The third kappa shape index (κ3) is 1.43. The van der Waals surface area contributed by atoms with Crippen molar-refractivity contribution < 1.29 is 5.11 Å². The van der Waals surface area contributed by atoms with Gasteiger partial charge in [0.25, 0.3) is 0 Å². The lowest BCUT2D eigenvalue weighted by Crippen LogP contribution is -2.40. The van der Waals surface area contributed by atoms with Crippen LogP contribution in [-0.4, -0.2) is 23.2 Å². The lowest BCUT2D eigenvalue weighted by Gasteiger charge is -2.22. The number of aliphatic hydroxyl groups excluding tert-OH is 1. The zero-order chi connectivity index (χ0) is 10.3. The van der Waals surface area contributed by atoms with Crippen LogP contribution < -0.4 is 5.84 Å². The Hall–Kier alpha value is -0.900. The minimum absolute atomic E-state index is 0.0202. The van der Waals surface area contributed by atoms with Crippen molar-refractivity contribution in [1.82, 2.24) is 5.01 Å². The molecule has 0 saturated heterocycles. The molecule has 0 heterocycles. The summed E-state index contributed by atoms with van der Waals surface area (Å²) in [6, 6.07) is 6.22. The molecule has 0 aliphatic heterocycles. The predicted molar refractivity (Wildman–Crippen MR) is 55.6 cm³/mol. The fraction of sp³-hybridized carbons (Fsp3) is 0.455. The number of hydrogen-bond donors (Lipinski definition) is 2.